The van der Waals surface area contributed by atoms with Gasteiger partial charge in [-0.15, -0.1) is 0 Å². The Bertz CT molecular complexity index is 1210. The van der Waals surface area contributed by atoms with Crippen LogP contribution in [-0.4, -0.2) is 35.1 Å². The molecular formula is C36H56N2O2. The molecule has 40 heavy (non-hydrogen) atoms. The molecule has 0 bridgehead atoms. The normalized spacial score (nSPS) is 19.4. The zero-order valence-corrected chi connectivity index (χ0v) is 27.4. The maximum Gasteiger partial charge on any atom is 0.128 e. The molecule has 1 fully saturated rings. The van der Waals surface area contributed by atoms with Gasteiger partial charge < -0.3 is 15.5 Å². The van der Waals surface area contributed by atoms with Crippen LogP contribution < -0.4 is 5.32 Å². The fourth-order valence-corrected chi connectivity index (χ4v) is 5.57. The Morgan fingerprint density at radius 3 is 1.73 bits per heavy atom. The minimum absolute atomic E-state index is 0.0163. The van der Waals surface area contributed by atoms with E-state index in [9.17, 15) is 10.2 Å². The van der Waals surface area contributed by atoms with Crippen molar-refractivity contribution in [1.82, 2.24) is 5.32 Å². The zero-order valence-electron chi connectivity index (χ0n) is 27.4. The van der Waals surface area contributed by atoms with E-state index in [0.717, 1.165) is 47.9 Å². The number of benzene rings is 2. The van der Waals surface area contributed by atoms with E-state index in [1.807, 2.05) is 6.21 Å². The van der Waals surface area contributed by atoms with Crippen molar-refractivity contribution in [3.63, 3.8) is 0 Å². The first-order valence-electron chi connectivity index (χ1n) is 15.2. The molecule has 0 saturated carbocycles. The second kappa shape index (κ2) is 11.5. The van der Waals surface area contributed by atoms with E-state index in [1.54, 1.807) is 0 Å². The number of phenols is 2. The fraction of sp³-hybridized carbons (Fsp3) is 0.639. The Hall–Kier alpha value is -2.33. The Morgan fingerprint density at radius 1 is 0.700 bits per heavy atom. The predicted octanol–water partition coefficient (Wildman–Crippen LogP) is 8.46. The molecule has 1 heterocycles. The Morgan fingerprint density at radius 2 is 1.20 bits per heavy atom. The van der Waals surface area contributed by atoms with Crippen LogP contribution in [0.4, 0.5) is 0 Å². The van der Waals surface area contributed by atoms with Gasteiger partial charge in [0.05, 0.1) is 6.54 Å². The summed E-state index contributed by atoms with van der Waals surface area (Å²) in [6.45, 7) is 26.9. The van der Waals surface area contributed by atoms with Crippen LogP contribution >= 0.6 is 0 Å². The molecular weight excluding hydrogens is 492 g/mol. The molecule has 0 radical (unpaired) electrons. The van der Waals surface area contributed by atoms with E-state index in [-0.39, 0.29) is 27.7 Å². The molecule has 222 valence electrons. The molecule has 3 N–H and O–H groups in total. The van der Waals surface area contributed by atoms with Crippen LogP contribution in [0.2, 0.25) is 0 Å². The van der Waals surface area contributed by atoms with Gasteiger partial charge >= 0.3 is 0 Å². The minimum atomic E-state index is -0.158. The maximum absolute atomic E-state index is 11.3. The third kappa shape index (κ3) is 7.90. The Kier molecular flexibility index (Phi) is 9.26. The molecule has 2 aromatic rings. The summed E-state index contributed by atoms with van der Waals surface area (Å²) in [5, 5.41) is 26.2. The average Bonchev–Trinajstić information content (AvgIpc) is 2.78. The lowest BCUT2D eigenvalue weighted by molar-refractivity contribution is 0.320. The number of nitrogens with zero attached hydrogens (tertiary/aromatic N) is 1. The summed E-state index contributed by atoms with van der Waals surface area (Å²) in [6, 6.07) is 9.22. The largest absolute Gasteiger partial charge is 0.507 e. The highest BCUT2D eigenvalue weighted by Crippen LogP contribution is 2.39. The Labute approximate surface area is 244 Å². The molecule has 2 aromatic carbocycles. The van der Waals surface area contributed by atoms with Gasteiger partial charge in [-0.3, -0.25) is 4.99 Å². The molecule has 0 spiro atoms. The van der Waals surface area contributed by atoms with Gasteiger partial charge in [-0.2, -0.15) is 0 Å². The standard InChI is InChI=1S/C36H56N2O2/c1-33(2,3)25-16-23(31(39)29(19-25)35(7,8)9)18-27-14-13-15-28(38-27)22-37-21-24-17-26(34(4,5)6)20-30(32(24)40)36(10,11)12/h16-17,19-21,27-28,38-40H,13-15,18,22H2,1-12H3. The van der Waals surface area contributed by atoms with E-state index >= 15 is 0 Å². The van der Waals surface area contributed by atoms with E-state index in [1.165, 1.54) is 11.1 Å². The molecule has 0 amide bonds. The number of hydrogen-bond acceptors (Lipinski definition) is 4. The van der Waals surface area contributed by atoms with Gasteiger partial charge in [-0.05, 0) is 69.2 Å². The van der Waals surface area contributed by atoms with E-state index in [0.29, 0.717) is 24.1 Å². The first-order chi connectivity index (χ1) is 18.2. The van der Waals surface area contributed by atoms with Crippen molar-refractivity contribution in [2.75, 3.05) is 6.54 Å². The second-order valence-electron chi connectivity index (χ2n) is 16.2. The quantitative estimate of drug-likeness (QED) is 0.328. The lowest BCUT2D eigenvalue weighted by Gasteiger charge is -2.32. The van der Waals surface area contributed by atoms with Crippen LogP contribution in [-0.2, 0) is 28.1 Å². The van der Waals surface area contributed by atoms with Crippen LogP contribution in [0.3, 0.4) is 0 Å². The van der Waals surface area contributed by atoms with Crippen molar-refractivity contribution >= 4 is 6.21 Å². The van der Waals surface area contributed by atoms with Gasteiger partial charge in [-0.25, -0.2) is 0 Å². The molecule has 4 heteroatoms. The summed E-state index contributed by atoms with van der Waals surface area (Å²) < 4.78 is 0. The summed E-state index contributed by atoms with van der Waals surface area (Å²) in [7, 11) is 0. The van der Waals surface area contributed by atoms with Crippen LogP contribution in [0.1, 0.15) is 136 Å². The zero-order chi connectivity index (χ0) is 30.3. The number of hydrogen-bond donors (Lipinski definition) is 3. The highest BCUT2D eigenvalue weighted by atomic mass is 16.3. The third-order valence-electron chi connectivity index (χ3n) is 8.28. The first-order valence-corrected chi connectivity index (χ1v) is 15.2. The van der Waals surface area contributed by atoms with E-state index in [4.69, 9.17) is 4.99 Å². The molecule has 3 rings (SSSR count). The van der Waals surface area contributed by atoms with Crippen molar-refractivity contribution in [2.24, 2.45) is 4.99 Å². The van der Waals surface area contributed by atoms with Gasteiger partial charge in [0.15, 0.2) is 0 Å². The van der Waals surface area contributed by atoms with E-state index < -0.39 is 0 Å². The molecule has 4 nitrogen and oxygen atoms in total. The Balaban J connectivity index is 1.80. The molecule has 1 aliphatic rings. The summed E-state index contributed by atoms with van der Waals surface area (Å²) in [4.78, 5) is 4.83. The lowest BCUT2D eigenvalue weighted by Crippen LogP contribution is -2.45. The van der Waals surface area contributed by atoms with Crippen LogP contribution in [0.15, 0.2) is 29.3 Å². The van der Waals surface area contributed by atoms with Gasteiger partial charge in [-0.1, -0.05) is 108 Å². The highest BCUT2D eigenvalue weighted by molar-refractivity contribution is 5.85. The highest BCUT2D eigenvalue weighted by Gasteiger charge is 2.28. The predicted molar refractivity (Wildman–Crippen MR) is 172 cm³/mol. The number of nitrogens with one attached hydrogen (secondary N) is 1. The summed E-state index contributed by atoms with van der Waals surface area (Å²) >= 11 is 0. The fourth-order valence-electron chi connectivity index (χ4n) is 5.57. The second-order valence-corrected chi connectivity index (χ2v) is 16.2. The molecule has 2 unspecified atom stereocenters. The van der Waals surface area contributed by atoms with Crippen molar-refractivity contribution in [3.05, 3.63) is 57.6 Å². The third-order valence-corrected chi connectivity index (χ3v) is 8.28. The van der Waals surface area contributed by atoms with Crippen molar-refractivity contribution in [1.29, 1.82) is 0 Å². The van der Waals surface area contributed by atoms with Crippen LogP contribution in [0.5, 0.6) is 11.5 Å². The van der Waals surface area contributed by atoms with Crippen LogP contribution in [0.25, 0.3) is 0 Å². The summed E-state index contributed by atoms with van der Waals surface area (Å²) in [5.41, 5.74) is 6.02. The molecule has 1 saturated heterocycles. The number of aliphatic imine (C=N–C) groups is 1. The first kappa shape index (κ1) is 32.2. The van der Waals surface area contributed by atoms with Crippen molar-refractivity contribution in [2.45, 2.75) is 143 Å². The monoisotopic (exact) mass is 548 g/mol. The molecule has 0 aliphatic carbocycles. The maximum atomic E-state index is 11.3. The number of aromatic hydroxyl groups is 2. The van der Waals surface area contributed by atoms with Crippen molar-refractivity contribution in [3.8, 4) is 11.5 Å². The summed E-state index contributed by atoms with van der Waals surface area (Å²) in [5.74, 6) is 0.786. The van der Waals surface area contributed by atoms with Gasteiger partial charge in [0.2, 0.25) is 0 Å². The molecule has 0 aromatic heterocycles. The number of piperidine rings is 1. The SMILES string of the molecule is CC(C)(C)c1cc(C=NCC2CCCC(Cc3cc(C(C)(C)C)cc(C(C)(C)C)c3O)N2)c(O)c(C(C)(C)C)c1. The van der Waals surface area contributed by atoms with Crippen molar-refractivity contribution < 1.29 is 10.2 Å². The van der Waals surface area contributed by atoms with Gasteiger partial charge in [0.1, 0.15) is 11.5 Å². The number of phenolic OH excluding ortho intramolecular Hbond substituents is 2. The lowest BCUT2D eigenvalue weighted by atomic mass is 9.78. The molecule has 1 aliphatic heterocycles. The molecule has 2 atom stereocenters. The van der Waals surface area contributed by atoms with Gasteiger partial charge in [0.25, 0.3) is 0 Å². The summed E-state index contributed by atoms with van der Waals surface area (Å²) in [6.07, 6.45) is 5.98. The smallest absolute Gasteiger partial charge is 0.128 e. The average molecular weight is 549 g/mol. The van der Waals surface area contributed by atoms with Crippen LogP contribution in [0, 0.1) is 0 Å². The minimum Gasteiger partial charge on any atom is -0.507 e. The number of rotatable bonds is 5. The topological polar surface area (TPSA) is 64.9 Å². The van der Waals surface area contributed by atoms with Gasteiger partial charge in [0, 0.05) is 29.4 Å². The van der Waals surface area contributed by atoms with E-state index in [2.05, 4.69) is 113 Å².